The zero-order valence-electron chi connectivity index (χ0n) is 43.9. The smallest absolute Gasteiger partial charge is 0.407 e. The molecule has 0 saturated carbocycles. The number of quaternary nitrogens is 1. The second-order valence-electron chi connectivity index (χ2n) is 20.1. The summed E-state index contributed by atoms with van der Waals surface area (Å²) in [5, 5.41) is 35.1. The van der Waals surface area contributed by atoms with E-state index in [0.29, 0.717) is 101 Å². The summed E-state index contributed by atoms with van der Waals surface area (Å²) in [6.45, 7) is -0.735. The van der Waals surface area contributed by atoms with E-state index in [2.05, 4.69) is 36.7 Å². The highest BCUT2D eigenvalue weighted by Gasteiger charge is 2.57. The standard InChI is InChI=1S/C51H58F10N10O9/c1-48(2,50(56,57)58)41(64-46(75)78-5)43(73)63-38(21-30-10-7-29(8-11-30)9-12-31-13-14-40(62-24-31)68-17-18-71(77)19-20-80-28-33(71)25-68)39(72)27-69(67-44(74)42(65-47(76)79-6)49(3,4)51(59,60)61)26-34-35(52)22-32(23-36(34)53)37-15-16-70(66-37)45(54)55/h7-8,10-11,13-16,22-24,33,38-39,41-42,45,72H,17-21,25-28H2,1-6H3,(H,63,73)(H,64,75)(H,65,76)(H,67,74)/t33-,38+,39+,41?,42?,71?/m1/s1. The minimum absolute atomic E-state index is 0.191. The van der Waals surface area contributed by atoms with Crippen LogP contribution in [0.1, 0.15) is 56.5 Å². The van der Waals surface area contributed by atoms with Crippen LogP contribution in [0.5, 0.6) is 0 Å². The average molecular weight is 1150 g/mol. The van der Waals surface area contributed by atoms with Crippen molar-refractivity contribution in [1.29, 1.82) is 0 Å². The maximum Gasteiger partial charge on any atom is 0.407 e. The lowest BCUT2D eigenvalue weighted by atomic mass is 9.82. The number of ether oxygens (including phenoxy) is 3. The number of pyridine rings is 1. The monoisotopic (exact) mass is 1140 g/mol. The number of halogens is 10. The highest BCUT2D eigenvalue weighted by atomic mass is 19.4. The summed E-state index contributed by atoms with van der Waals surface area (Å²) in [6.07, 6.45) is -13.7. The van der Waals surface area contributed by atoms with Gasteiger partial charge in [-0.25, -0.2) is 33.0 Å². The number of nitrogens with zero attached hydrogens (tertiary/aromatic N) is 6. The van der Waals surface area contributed by atoms with Crippen molar-refractivity contribution in [3.05, 3.63) is 106 Å². The first kappa shape index (κ1) is 61.9. The zero-order valence-corrected chi connectivity index (χ0v) is 43.9. The molecular weight excluding hydrogens is 1090 g/mol. The largest absolute Gasteiger partial charge is 0.632 e. The molecule has 29 heteroatoms. The lowest BCUT2D eigenvalue weighted by Gasteiger charge is -2.55. The molecule has 19 nitrogen and oxygen atoms in total. The summed E-state index contributed by atoms with van der Waals surface area (Å²) in [6, 6.07) is 4.65. The molecule has 2 aliphatic heterocycles. The Labute approximate surface area is 452 Å². The van der Waals surface area contributed by atoms with Crippen LogP contribution >= 0.6 is 0 Å². The number of benzene rings is 2. The van der Waals surface area contributed by atoms with Gasteiger partial charge in [-0.2, -0.15) is 40.2 Å². The molecule has 436 valence electrons. The molecule has 5 N–H and O–H groups in total. The van der Waals surface area contributed by atoms with Gasteiger partial charge < -0.3 is 50.0 Å². The molecule has 6 atom stereocenters. The van der Waals surface area contributed by atoms with Crippen LogP contribution in [0.3, 0.4) is 0 Å². The number of morpholine rings is 1. The van der Waals surface area contributed by atoms with Crippen molar-refractivity contribution >= 4 is 29.8 Å². The van der Waals surface area contributed by atoms with Gasteiger partial charge in [-0.3, -0.25) is 15.0 Å². The van der Waals surface area contributed by atoms with E-state index < -0.39 is 115 Å². The van der Waals surface area contributed by atoms with E-state index in [4.69, 9.17) is 4.74 Å². The number of aliphatic hydroxyl groups is 1. The first-order valence-electron chi connectivity index (χ1n) is 24.5. The third-order valence-electron chi connectivity index (χ3n) is 14.0. The average Bonchev–Trinajstić information content (AvgIpc) is 3.98. The van der Waals surface area contributed by atoms with E-state index in [1.54, 1.807) is 23.6 Å². The van der Waals surface area contributed by atoms with Crippen molar-refractivity contribution in [2.75, 3.05) is 65.1 Å². The summed E-state index contributed by atoms with van der Waals surface area (Å²) < 4.78 is 160. The Hall–Kier alpha value is -7.26. The van der Waals surface area contributed by atoms with Gasteiger partial charge in [-0.1, -0.05) is 24.0 Å². The van der Waals surface area contributed by atoms with E-state index in [1.807, 2.05) is 15.6 Å². The number of hydrazine groups is 1. The van der Waals surface area contributed by atoms with Crippen molar-refractivity contribution < 1.29 is 87.0 Å². The summed E-state index contributed by atoms with van der Waals surface area (Å²) in [5.74, 6) is 0.438. The second kappa shape index (κ2) is 25.0. The van der Waals surface area contributed by atoms with Gasteiger partial charge >= 0.3 is 31.1 Å². The fourth-order valence-electron chi connectivity index (χ4n) is 8.66. The number of aromatic nitrogens is 3. The molecule has 2 aromatic heterocycles. The van der Waals surface area contributed by atoms with E-state index in [-0.39, 0.29) is 32.2 Å². The van der Waals surface area contributed by atoms with E-state index in [1.165, 1.54) is 24.3 Å². The van der Waals surface area contributed by atoms with Gasteiger partial charge in [0.1, 0.15) is 48.7 Å². The van der Waals surface area contributed by atoms with Gasteiger partial charge in [0.05, 0.1) is 69.1 Å². The molecule has 0 spiro atoms. The van der Waals surface area contributed by atoms with Crippen LogP contribution in [0.25, 0.3) is 11.3 Å². The summed E-state index contributed by atoms with van der Waals surface area (Å²) in [7, 11) is 1.59. The Morgan fingerprint density at radius 3 is 1.96 bits per heavy atom. The topological polar surface area (TPSA) is 225 Å². The predicted molar refractivity (Wildman–Crippen MR) is 264 cm³/mol. The molecule has 2 aliphatic rings. The minimum atomic E-state index is -5.24. The lowest BCUT2D eigenvalue weighted by Crippen LogP contribution is -2.67. The third kappa shape index (κ3) is 14.7. The fourth-order valence-corrected chi connectivity index (χ4v) is 8.66. The van der Waals surface area contributed by atoms with Crippen molar-refractivity contribution in [3.63, 3.8) is 0 Å². The molecule has 3 unspecified atom stereocenters. The van der Waals surface area contributed by atoms with Gasteiger partial charge in [0.25, 0.3) is 5.91 Å². The third-order valence-corrected chi connectivity index (χ3v) is 14.0. The normalized spacial score (nSPS) is 18.4. The minimum Gasteiger partial charge on any atom is -0.632 e. The summed E-state index contributed by atoms with van der Waals surface area (Å²) in [5.41, 5.74) is -4.62. The van der Waals surface area contributed by atoms with Crippen molar-refractivity contribution in [2.45, 2.75) is 89.8 Å². The van der Waals surface area contributed by atoms with Crippen LogP contribution in [-0.4, -0.2) is 156 Å². The van der Waals surface area contributed by atoms with E-state index in [9.17, 15) is 64.6 Å². The first-order chi connectivity index (χ1) is 37.4. The molecule has 0 radical (unpaired) electrons. The first-order valence-corrected chi connectivity index (χ1v) is 24.5. The molecule has 6 rings (SSSR count). The predicted octanol–water partition coefficient (Wildman–Crippen LogP) is 6.10. The second-order valence-corrected chi connectivity index (χ2v) is 20.1. The molecule has 4 aromatic rings. The Kier molecular flexibility index (Phi) is 19.4. The number of rotatable bonds is 18. The van der Waals surface area contributed by atoms with Gasteiger partial charge in [-0.15, -0.1) is 0 Å². The molecule has 4 amide bonds. The SMILES string of the molecule is COC(=O)NC(C(=O)N[C@@H](Cc1ccc(C#Cc2ccc(N3CC[N+]4([O-])CCOC[C@H]4C3)nc2)cc1)[C@@H](O)CN(Cc1c(F)cc(-c2ccn(C(F)F)n2)cc1F)NC(=O)C(NC(=O)OC)C(C)(C)C(F)(F)F)C(C)(C)C(F)(F)F. The van der Waals surface area contributed by atoms with Gasteiger partial charge in [0, 0.05) is 47.7 Å². The Morgan fingerprint density at radius 2 is 1.43 bits per heavy atom. The summed E-state index contributed by atoms with van der Waals surface area (Å²) >= 11 is 0. The number of amides is 4. The van der Waals surface area contributed by atoms with Gasteiger partial charge in [-0.05, 0) is 82.1 Å². The number of nitrogens with one attached hydrogen (secondary N) is 4. The number of carbonyl (C=O) groups is 4. The lowest BCUT2D eigenvalue weighted by molar-refractivity contribution is -0.914. The fraction of sp³-hybridized carbons (Fsp3) is 0.490. The van der Waals surface area contributed by atoms with Crippen LogP contribution in [-0.2, 0) is 36.8 Å². The maximum atomic E-state index is 16.0. The van der Waals surface area contributed by atoms with Crippen LogP contribution in [0.15, 0.2) is 67.0 Å². The number of alkyl carbamates (subject to hydrolysis) is 2. The van der Waals surface area contributed by atoms with Crippen molar-refractivity contribution in [2.24, 2.45) is 10.8 Å². The van der Waals surface area contributed by atoms with Crippen LogP contribution in [0, 0.1) is 39.5 Å². The Balaban J connectivity index is 1.33. The number of hydrogen-bond acceptors (Lipinski definition) is 13. The number of alkyl halides is 8. The van der Waals surface area contributed by atoms with Crippen LogP contribution in [0.2, 0.25) is 0 Å². The number of anilines is 1. The van der Waals surface area contributed by atoms with E-state index in [0.717, 1.165) is 26.5 Å². The number of piperazine rings is 1. The number of methoxy groups -OCH3 is 2. The number of aliphatic hydroxyl groups excluding tert-OH is 1. The van der Waals surface area contributed by atoms with Gasteiger partial charge in [0.2, 0.25) is 5.91 Å². The van der Waals surface area contributed by atoms with Crippen molar-refractivity contribution in [3.8, 4) is 23.1 Å². The molecule has 0 bridgehead atoms. The molecule has 2 saturated heterocycles. The van der Waals surface area contributed by atoms with Crippen molar-refractivity contribution in [1.82, 2.24) is 41.1 Å². The number of hydrogen-bond donors (Lipinski definition) is 5. The molecule has 80 heavy (non-hydrogen) atoms. The maximum absolute atomic E-state index is 16.0. The number of fused-ring (bicyclic) bond motifs is 1. The quantitative estimate of drug-likeness (QED) is 0.0250. The number of carbonyl (C=O) groups excluding carboxylic acids is 4. The molecule has 4 heterocycles. The number of hydroxylamine groups is 3. The molecular formula is C51H58F10N10O9. The van der Waals surface area contributed by atoms with Crippen LogP contribution in [0.4, 0.5) is 59.3 Å². The molecule has 2 aromatic carbocycles. The summed E-state index contributed by atoms with van der Waals surface area (Å²) in [4.78, 5) is 59.3. The highest BCUT2D eigenvalue weighted by Crippen LogP contribution is 2.42. The molecule has 2 fully saturated rings. The highest BCUT2D eigenvalue weighted by molar-refractivity contribution is 5.87. The van der Waals surface area contributed by atoms with Crippen LogP contribution < -0.4 is 26.3 Å². The zero-order chi connectivity index (χ0) is 59.1. The van der Waals surface area contributed by atoms with Gasteiger partial charge in [0.15, 0.2) is 0 Å². The Morgan fingerprint density at radius 1 is 0.850 bits per heavy atom. The molecule has 0 aliphatic carbocycles. The Bertz CT molecular complexity index is 2880. The van der Waals surface area contributed by atoms with E-state index >= 15 is 8.78 Å².